The fraction of sp³-hybridized carbons (Fsp3) is 0.118. The molecule has 0 aliphatic carbocycles. The standard InChI is InChI=1S/C17H14N2O4S/c1-19-15(16(22)11-4-2-3-5-14(11)24-19)17(23)18-10-6-8-12(20)13(21)9-7-10/h2-9,15H,1H3,(H,18,23)(H,20,21). The minimum Gasteiger partial charge on any atom is -0.504 e. The van der Waals surface area contributed by atoms with Gasteiger partial charge < -0.3 is 10.4 Å². The minimum atomic E-state index is -0.976. The van der Waals surface area contributed by atoms with Crippen molar-refractivity contribution in [1.29, 1.82) is 0 Å². The molecule has 2 aromatic carbocycles. The van der Waals surface area contributed by atoms with Crippen LogP contribution in [0.15, 0.2) is 58.2 Å². The molecular weight excluding hydrogens is 328 g/mol. The van der Waals surface area contributed by atoms with Crippen molar-refractivity contribution in [3.63, 3.8) is 0 Å². The molecule has 2 N–H and O–H groups in total. The summed E-state index contributed by atoms with van der Waals surface area (Å²) < 4.78 is 1.60. The number of nitrogens with zero attached hydrogens (tertiary/aromatic N) is 1. The molecule has 0 saturated heterocycles. The Bertz CT molecular complexity index is 884. The van der Waals surface area contributed by atoms with Crippen LogP contribution in [0.1, 0.15) is 10.4 Å². The Hall–Kier alpha value is -2.64. The Labute approximate surface area is 142 Å². The summed E-state index contributed by atoms with van der Waals surface area (Å²) in [5.74, 6) is -1.19. The molecule has 0 spiro atoms. The van der Waals surface area contributed by atoms with E-state index in [0.29, 0.717) is 11.3 Å². The largest absolute Gasteiger partial charge is 0.504 e. The van der Waals surface area contributed by atoms with Gasteiger partial charge in [-0.25, -0.2) is 4.31 Å². The number of carbonyl (C=O) groups excluding carboxylic acids is 2. The third-order valence-corrected chi connectivity index (χ3v) is 4.66. The molecule has 0 saturated carbocycles. The molecule has 1 aliphatic rings. The monoisotopic (exact) mass is 342 g/mol. The van der Waals surface area contributed by atoms with E-state index in [4.69, 9.17) is 0 Å². The smallest absolute Gasteiger partial charge is 0.250 e. The van der Waals surface area contributed by atoms with Crippen LogP contribution in [0.25, 0.3) is 0 Å². The van der Waals surface area contributed by atoms with Crippen LogP contribution in [0.4, 0.5) is 5.69 Å². The molecule has 1 atom stereocenters. The fourth-order valence-corrected chi connectivity index (χ4v) is 3.42. The molecule has 0 bridgehead atoms. The third-order valence-electron chi connectivity index (χ3n) is 3.61. The first kappa shape index (κ1) is 16.2. The van der Waals surface area contributed by atoms with Crippen molar-refractivity contribution in [2.45, 2.75) is 10.9 Å². The van der Waals surface area contributed by atoms with E-state index < -0.39 is 23.1 Å². The fourth-order valence-electron chi connectivity index (χ4n) is 2.41. The van der Waals surface area contributed by atoms with Crippen molar-refractivity contribution < 1.29 is 14.7 Å². The summed E-state index contributed by atoms with van der Waals surface area (Å²) in [5.41, 5.74) is 0.284. The topological polar surface area (TPSA) is 86.7 Å². The first-order valence-electron chi connectivity index (χ1n) is 7.15. The minimum absolute atomic E-state index is 0.281. The molecule has 0 aromatic heterocycles. The van der Waals surface area contributed by atoms with Gasteiger partial charge in [0.1, 0.15) is 0 Å². The van der Waals surface area contributed by atoms with Crippen LogP contribution >= 0.6 is 11.9 Å². The van der Waals surface area contributed by atoms with E-state index in [0.717, 1.165) is 11.0 Å². The summed E-state index contributed by atoms with van der Waals surface area (Å²) in [5, 5.41) is 12.0. The molecule has 1 aliphatic heterocycles. The molecule has 1 heterocycles. The van der Waals surface area contributed by atoms with Crippen molar-refractivity contribution >= 4 is 29.3 Å². The Morgan fingerprint density at radius 2 is 1.83 bits per heavy atom. The number of Topliss-reactive ketones (excluding diaryl/α,β-unsaturated/α-hetero) is 1. The van der Waals surface area contributed by atoms with Gasteiger partial charge in [-0.1, -0.05) is 18.2 Å². The average molecular weight is 342 g/mol. The molecule has 1 unspecified atom stereocenters. The van der Waals surface area contributed by atoms with E-state index in [1.807, 2.05) is 12.1 Å². The Morgan fingerprint density at radius 3 is 2.62 bits per heavy atom. The van der Waals surface area contributed by atoms with Crippen molar-refractivity contribution in [1.82, 2.24) is 4.31 Å². The number of fused-ring (bicyclic) bond motifs is 1. The van der Waals surface area contributed by atoms with Crippen LogP contribution in [0, 0.1) is 0 Å². The number of likely N-dealkylation sites (N-methyl/N-ethyl adjacent to an activating group) is 1. The summed E-state index contributed by atoms with van der Waals surface area (Å²) in [6, 6.07) is 11.3. The molecule has 0 fully saturated rings. The zero-order chi connectivity index (χ0) is 17.3. The maximum Gasteiger partial charge on any atom is 0.250 e. The van der Waals surface area contributed by atoms with E-state index in [-0.39, 0.29) is 5.78 Å². The SMILES string of the molecule is CN1Sc2ccccc2C(=O)C1C(=O)Nc1ccc(O)c(=O)cc1. The molecule has 7 heteroatoms. The second kappa shape index (κ2) is 6.46. The van der Waals surface area contributed by atoms with Gasteiger partial charge in [0.05, 0.1) is 0 Å². The lowest BCUT2D eigenvalue weighted by Gasteiger charge is -2.30. The first-order chi connectivity index (χ1) is 11.5. The normalized spacial score (nSPS) is 17.2. The van der Waals surface area contributed by atoms with E-state index >= 15 is 0 Å². The van der Waals surface area contributed by atoms with Crippen LogP contribution in [-0.2, 0) is 4.79 Å². The molecule has 122 valence electrons. The van der Waals surface area contributed by atoms with Crippen molar-refractivity contribution in [2.75, 3.05) is 12.4 Å². The van der Waals surface area contributed by atoms with E-state index in [9.17, 15) is 19.5 Å². The van der Waals surface area contributed by atoms with Crippen LogP contribution in [-0.4, -0.2) is 34.2 Å². The number of benzene rings is 1. The van der Waals surface area contributed by atoms with Crippen LogP contribution in [0.3, 0.4) is 0 Å². The molecule has 6 nitrogen and oxygen atoms in total. The highest BCUT2D eigenvalue weighted by Crippen LogP contribution is 2.34. The van der Waals surface area contributed by atoms with Gasteiger partial charge in [0.15, 0.2) is 17.6 Å². The zero-order valence-corrected chi connectivity index (χ0v) is 13.5. The predicted molar refractivity (Wildman–Crippen MR) is 91.2 cm³/mol. The van der Waals surface area contributed by atoms with Crippen molar-refractivity contribution in [3.8, 4) is 5.75 Å². The van der Waals surface area contributed by atoms with E-state index in [1.54, 1.807) is 23.5 Å². The van der Waals surface area contributed by atoms with Crippen LogP contribution < -0.4 is 10.7 Å². The molecule has 0 radical (unpaired) electrons. The van der Waals surface area contributed by atoms with Gasteiger partial charge in [-0.15, -0.1) is 0 Å². The number of ketones is 1. The highest BCUT2D eigenvalue weighted by Gasteiger charge is 2.37. The molecule has 3 rings (SSSR count). The average Bonchev–Trinajstić information content (AvgIpc) is 2.70. The highest BCUT2D eigenvalue weighted by molar-refractivity contribution is 7.97. The summed E-state index contributed by atoms with van der Waals surface area (Å²) in [7, 11) is 1.68. The summed E-state index contributed by atoms with van der Waals surface area (Å²) in [4.78, 5) is 37.3. The maximum atomic E-state index is 12.6. The zero-order valence-electron chi connectivity index (χ0n) is 12.7. The van der Waals surface area contributed by atoms with Crippen LogP contribution in [0.2, 0.25) is 0 Å². The van der Waals surface area contributed by atoms with Gasteiger partial charge in [-0.3, -0.25) is 14.4 Å². The number of rotatable bonds is 2. The number of hydrogen-bond acceptors (Lipinski definition) is 6. The first-order valence-corrected chi connectivity index (χ1v) is 7.93. The number of carbonyl (C=O) groups is 2. The maximum absolute atomic E-state index is 12.6. The highest BCUT2D eigenvalue weighted by atomic mass is 32.2. The van der Waals surface area contributed by atoms with Gasteiger partial charge in [0, 0.05) is 16.1 Å². The van der Waals surface area contributed by atoms with Crippen molar-refractivity contribution in [2.24, 2.45) is 0 Å². The second-order valence-corrected chi connectivity index (χ2v) is 6.46. The van der Waals surface area contributed by atoms with Gasteiger partial charge in [-0.2, -0.15) is 0 Å². The lowest BCUT2D eigenvalue weighted by Crippen LogP contribution is -2.46. The van der Waals surface area contributed by atoms with E-state index in [1.165, 1.54) is 30.1 Å². The third kappa shape index (κ3) is 3.04. The summed E-state index contributed by atoms with van der Waals surface area (Å²) in [6.45, 7) is 0. The lowest BCUT2D eigenvalue weighted by molar-refractivity contribution is -0.118. The molecule has 2 aromatic rings. The number of nitrogens with one attached hydrogen (secondary N) is 1. The quantitative estimate of drug-likeness (QED) is 0.640. The molecule has 24 heavy (non-hydrogen) atoms. The summed E-state index contributed by atoms with van der Waals surface area (Å²) >= 11 is 1.33. The number of anilines is 1. The van der Waals surface area contributed by atoms with Gasteiger partial charge in [0.25, 0.3) is 5.91 Å². The van der Waals surface area contributed by atoms with Gasteiger partial charge in [0.2, 0.25) is 5.43 Å². The van der Waals surface area contributed by atoms with E-state index in [2.05, 4.69) is 5.32 Å². The number of hydrogen-bond donors (Lipinski definition) is 2. The predicted octanol–water partition coefficient (Wildman–Crippen LogP) is 1.89. The molecular formula is C17H14N2O4S. The Kier molecular flexibility index (Phi) is 4.37. The lowest BCUT2D eigenvalue weighted by atomic mass is 10.0. The number of amides is 1. The number of aromatic hydroxyl groups is 1. The van der Waals surface area contributed by atoms with Gasteiger partial charge in [-0.05, 0) is 49.3 Å². The van der Waals surface area contributed by atoms with Crippen LogP contribution in [0.5, 0.6) is 5.75 Å². The van der Waals surface area contributed by atoms with Crippen molar-refractivity contribution in [3.05, 3.63) is 64.3 Å². The molecule has 1 amide bonds. The van der Waals surface area contributed by atoms with Gasteiger partial charge >= 0.3 is 0 Å². The Balaban J connectivity index is 1.87. The summed E-state index contributed by atoms with van der Waals surface area (Å²) in [6.07, 6.45) is 0. The Morgan fingerprint density at radius 1 is 1.12 bits per heavy atom. The second-order valence-electron chi connectivity index (χ2n) is 5.26.